The Bertz CT molecular complexity index is 836. The molecule has 0 aliphatic heterocycles. The van der Waals surface area contributed by atoms with Crippen molar-refractivity contribution in [2.45, 2.75) is 13.8 Å². The molecule has 0 saturated carbocycles. The lowest BCUT2D eigenvalue weighted by atomic mass is 10.0. The van der Waals surface area contributed by atoms with Crippen LogP contribution in [0.1, 0.15) is 20.9 Å². The Labute approximate surface area is 127 Å². The van der Waals surface area contributed by atoms with E-state index in [0.717, 1.165) is 33.3 Å². The van der Waals surface area contributed by atoms with Gasteiger partial charge in [0.2, 0.25) is 0 Å². The minimum atomic E-state index is -0.287. The molecule has 0 amide bonds. The summed E-state index contributed by atoms with van der Waals surface area (Å²) in [6.07, 6.45) is 0. The molecule has 0 N–H and O–H groups in total. The standard InChI is InChI=1S/C17H15NO2S/c1-10-9-21-16(17(19)20-3)15(10)13-6-7-14-12(8-13)5-4-11(2)18-14/h4-9H,1-3H3. The van der Waals surface area contributed by atoms with E-state index in [1.807, 2.05) is 37.4 Å². The predicted octanol–water partition coefficient (Wildman–Crippen LogP) is 4.37. The average molecular weight is 297 g/mol. The SMILES string of the molecule is COC(=O)c1scc(C)c1-c1ccc2nc(C)ccc2c1. The van der Waals surface area contributed by atoms with Gasteiger partial charge in [-0.05, 0) is 48.6 Å². The van der Waals surface area contributed by atoms with Gasteiger partial charge in [0.25, 0.3) is 0 Å². The van der Waals surface area contributed by atoms with Crippen LogP contribution in [0.3, 0.4) is 0 Å². The lowest BCUT2D eigenvalue weighted by Gasteiger charge is -2.07. The summed E-state index contributed by atoms with van der Waals surface area (Å²) in [4.78, 5) is 17.1. The molecule has 2 heterocycles. The van der Waals surface area contributed by atoms with Crippen LogP contribution in [0.2, 0.25) is 0 Å². The second-order valence-electron chi connectivity index (χ2n) is 4.97. The van der Waals surface area contributed by atoms with Gasteiger partial charge < -0.3 is 4.74 Å². The molecule has 0 spiro atoms. The maximum atomic E-state index is 11.9. The van der Waals surface area contributed by atoms with E-state index in [-0.39, 0.29) is 5.97 Å². The number of benzene rings is 1. The molecule has 0 radical (unpaired) electrons. The summed E-state index contributed by atoms with van der Waals surface area (Å²) < 4.78 is 4.87. The third-order valence-electron chi connectivity index (χ3n) is 3.46. The molecular weight excluding hydrogens is 282 g/mol. The maximum Gasteiger partial charge on any atom is 0.348 e. The van der Waals surface area contributed by atoms with E-state index in [1.54, 1.807) is 0 Å². The van der Waals surface area contributed by atoms with Crippen molar-refractivity contribution in [2.75, 3.05) is 7.11 Å². The summed E-state index contributed by atoms with van der Waals surface area (Å²) in [5, 5.41) is 3.05. The summed E-state index contributed by atoms with van der Waals surface area (Å²) in [5.74, 6) is -0.287. The van der Waals surface area contributed by atoms with E-state index < -0.39 is 0 Å². The molecule has 0 aliphatic rings. The first kappa shape index (κ1) is 13.8. The number of pyridine rings is 1. The van der Waals surface area contributed by atoms with Crippen LogP contribution < -0.4 is 0 Å². The minimum absolute atomic E-state index is 0.287. The van der Waals surface area contributed by atoms with Gasteiger partial charge in [0.15, 0.2) is 0 Å². The number of ether oxygens (including phenoxy) is 1. The highest BCUT2D eigenvalue weighted by Gasteiger charge is 2.18. The van der Waals surface area contributed by atoms with Crippen molar-refractivity contribution in [3.8, 4) is 11.1 Å². The molecule has 0 atom stereocenters. The number of nitrogens with zero attached hydrogens (tertiary/aromatic N) is 1. The Balaban J connectivity index is 2.19. The number of thiophene rings is 1. The van der Waals surface area contributed by atoms with Crippen molar-refractivity contribution in [1.82, 2.24) is 4.98 Å². The Hall–Kier alpha value is -2.20. The number of aryl methyl sites for hydroxylation is 2. The molecule has 2 aromatic heterocycles. The number of hydrogen-bond acceptors (Lipinski definition) is 4. The first-order valence-corrected chi connectivity index (χ1v) is 7.52. The second kappa shape index (κ2) is 5.30. The molecule has 3 nitrogen and oxygen atoms in total. The van der Waals surface area contributed by atoms with Crippen LogP contribution in [0, 0.1) is 13.8 Å². The number of carbonyl (C=O) groups is 1. The Morgan fingerprint density at radius 3 is 2.76 bits per heavy atom. The molecule has 4 heteroatoms. The number of methoxy groups -OCH3 is 1. The van der Waals surface area contributed by atoms with Crippen LogP contribution in [0.4, 0.5) is 0 Å². The van der Waals surface area contributed by atoms with Crippen molar-refractivity contribution in [3.05, 3.63) is 51.8 Å². The van der Waals surface area contributed by atoms with Crippen LogP contribution in [0.15, 0.2) is 35.7 Å². The fraction of sp³-hybridized carbons (Fsp3) is 0.176. The number of fused-ring (bicyclic) bond motifs is 1. The van der Waals surface area contributed by atoms with Crippen molar-refractivity contribution < 1.29 is 9.53 Å². The highest BCUT2D eigenvalue weighted by molar-refractivity contribution is 7.12. The first-order chi connectivity index (χ1) is 10.1. The van der Waals surface area contributed by atoms with Crippen LogP contribution in [0.5, 0.6) is 0 Å². The van der Waals surface area contributed by atoms with Gasteiger partial charge in [0.1, 0.15) is 4.88 Å². The molecule has 0 saturated heterocycles. The summed E-state index contributed by atoms with van der Waals surface area (Å²) in [7, 11) is 1.41. The van der Waals surface area contributed by atoms with Crippen LogP contribution in [-0.2, 0) is 4.74 Å². The molecule has 1 aromatic carbocycles. The third-order valence-corrected chi connectivity index (χ3v) is 4.54. The molecule has 3 rings (SSSR count). The van der Waals surface area contributed by atoms with Crippen molar-refractivity contribution in [1.29, 1.82) is 0 Å². The van der Waals surface area contributed by atoms with Gasteiger partial charge in [-0.3, -0.25) is 4.98 Å². The molecule has 21 heavy (non-hydrogen) atoms. The summed E-state index contributed by atoms with van der Waals surface area (Å²) in [6.45, 7) is 3.99. The quantitative estimate of drug-likeness (QED) is 0.659. The van der Waals surface area contributed by atoms with Crippen LogP contribution >= 0.6 is 11.3 Å². The summed E-state index contributed by atoms with van der Waals surface area (Å²) >= 11 is 1.42. The number of hydrogen-bond donors (Lipinski definition) is 0. The lowest BCUT2D eigenvalue weighted by Crippen LogP contribution is -2.00. The van der Waals surface area contributed by atoms with Gasteiger partial charge in [-0.1, -0.05) is 12.1 Å². The van der Waals surface area contributed by atoms with Crippen LogP contribution in [-0.4, -0.2) is 18.1 Å². The van der Waals surface area contributed by atoms with Crippen molar-refractivity contribution in [3.63, 3.8) is 0 Å². The lowest BCUT2D eigenvalue weighted by molar-refractivity contribution is 0.0607. The monoisotopic (exact) mass is 297 g/mol. The van der Waals surface area contributed by atoms with E-state index in [2.05, 4.69) is 17.1 Å². The van der Waals surface area contributed by atoms with Gasteiger partial charge in [-0.15, -0.1) is 11.3 Å². The van der Waals surface area contributed by atoms with Gasteiger partial charge in [-0.2, -0.15) is 0 Å². The largest absolute Gasteiger partial charge is 0.465 e. The zero-order valence-corrected chi connectivity index (χ0v) is 13.0. The second-order valence-corrected chi connectivity index (χ2v) is 5.85. The molecule has 0 aliphatic carbocycles. The zero-order chi connectivity index (χ0) is 15.0. The van der Waals surface area contributed by atoms with Crippen LogP contribution in [0.25, 0.3) is 22.0 Å². The maximum absolute atomic E-state index is 11.9. The highest BCUT2D eigenvalue weighted by Crippen LogP contribution is 2.34. The highest BCUT2D eigenvalue weighted by atomic mass is 32.1. The Morgan fingerprint density at radius 1 is 1.19 bits per heavy atom. The van der Waals surface area contributed by atoms with E-state index in [4.69, 9.17) is 4.74 Å². The van der Waals surface area contributed by atoms with Gasteiger partial charge in [0, 0.05) is 16.6 Å². The number of aromatic nitrogens is 1. The van der Waals surface area contributed by atoms with Gasteiger partial charge in [0.05, 0.1) is 12.6 Å². The van der Waals surface area contributed by atoms with Gasteiger partial charge >= 0.3 is 5.97 Å². The molecule has 0 unspecified atom stereocenters. The van der Waals surface area contributed by atoms with Crippen molar-refractivity contribution >= 4 is 28.2 Å². The normalized spacial score (nSPS) is 10.8. The average Bonchev–Trinajstić information content (AvgIpc) is 2.87. The number of carbonyl (C=O) groups excluding carboxylic acids is 1. The molecule has 106 valence electrons. The molecule has 0 fully saturated rings. The Kier molecular flexibility index (Phi) is 3.47. The number of esters is 1. The third kappa shape index (κ3) is 2.43. The fourth-order valence-corrected chi connectivity index (χ4v) is 3.42. The Morgan fingerprint density at radius 2 is 2.00 bits per heavy atom. The first-order valence-electron chi connectivity index (χ1n) is 6.64. The van der Waals surface area contributed by atoms with E-state index in [0.29, 0.717) is 4.88 Å². The van der Waals surface area contributed by atoms with Gasteiger partial charge in [-0.25, -0.2) is 4.79 Å². The van der Waals surface area contributed by atoms with E-state index in [1.165, 1.54) is 18.4 Å². The molecular formula is C17H15NO2S. The fourth-order valence-electron chi connectivity index (χ4n) is 2.43. The summed E-state index contributed by atoms with van der Waals surface area (Å²) in [6, 6.07) is 10.1. The zero-order valence-electron chi connectivity index (χ0n) is 12.1. The van der Waals surface area contributed by atoms with E-state index in [9.17, 15) is 4.79 Å². The topological polar surface area (TPSA) is 39.2 Å². The molecule has 3 aromatic rings. The van der Waals surface area contributed by atoms with Crippen molar-refractivity contribution in [2.24, 2.45) is 0 Å². The predicted molar refractivity (Wildman–Crippen MR) is 85.9 cm³/mol. The minimum Gasteiger partial charge on any atom is -0.465 e. The van der Waals surface area contributed by atoms with E-state index >= 15 is 0 Å². The smallest absolute Gasteiger partial charge is 0.348 e. The summed E-state index contributed by atoms with van der Waals surface area (Å²) in [5.41, 5.74) is 5.02. The number of rotatable bonds is 2. The molecule has 0 bridgehead atoms.